The number of rotatable bonds is 6. The average Bonchev–Trinajstić information content (AvgIpc) is 2.64. The monoisotopic (exact) mass is 354 g/mol. The summed E-state index contributed by atoms with van der Waals surface area (Å²) < 4.78 is 0. The summed E-state index contributed by atoms with van der Waals surface area (Å²) in [4.78, 5) is 27.3. The fourth-order valence-electron chi connectivity index (χ4n) is 2.94. The summed E-state index contributed by atoms with van der Waals surface area (Å²) >= 11 is 1.58. The molecule has 0 aliphatic carbocycles. The molecule has 5 heteroatoms. The van der Waals surface area contributed by atoms with Crippen molar-refractivity contribution in [3.63, 3.8) is 0 Å². The summed E-state index contributed by atoms with van der Waals surface area (Å²) in [5.41, 5.74) is 2.05. The fourth-order valence-corrected chi connectivity index (χ4v) is 3.87. The first-order chi connectivity index (χ1) is 12.1. The highest BCUT2D eigenvalue weighted by atomic mass is 32.2. The van der Waals surface area contributed by atoms with E-state index in [4.69, 9.17) is 0 Å². The zero-order valence-electron chi connectivity index (χ0n) is 14.3. The lowest BCUT2D eigenvalue weighted by Crippen LogP contribution is -2.36. The predicted octanol–water partition coefficient (Wildman–Crippen LogP) is 3.78. The van der Waals surface area contributed by atoms with Crippen LogP contribution in [0.5, 0.6) is 0 Å². The Morgan fingerprint density at radius 2 is 1.88 bits per heavy atom. The molecule has 1 aliphatic rings. The van der Waals surface area contributed by atoms with Gasteiger partial charge in [0.15, 0.2) is 0 Å². The van der Waals surface area contributed by atoms with Crippen molar-refractivity contribution in [1.29, 1.82) is 0 Å². The minimum Gasteiger partial charge on any atom is -0.350 e. The molecule has 4 nitrogen and oxygen atoms in total. The number of thioether (sulfide) groups is 1. The number of nitrogens with one attached hydrogen (secondary N) is 1. The van der Waals surface area contributed by atoms with Crippen LogP contribution >= 0.6 is 11.8 Å². The van der Waals surface area contributed by atoms with Crippen LogP contribution in [0.1, 0.15) is 31.4 Å². The quantitative estimate of drug-likeness (QED) is 0.859. The normalized spacial score (nSPS) is 14.8. The van der Waals surface area contributed by atoms with E-state index in [0.717, 1.165) is 16.1 Å². The van der Waals surface area contributed by atoms with Crippen molar-refractivity contribution in [2.45, 2.75) is 30.7 Å². The van der Waals surface area contributed by atoms with Crippen LogP contribution < -0.4 is 10.2 Å². The Kier molecular flexibility index (Phi) is 5.76. The van der Waals surface area contributed by atoms with Gasteiger partial charge in [0, 0.05) is 17.9 Å². The third-order valence-corrected chi connectivity index (χ3v) is 5.32. The SMILES string of the molecule is CC(NC(=O)CCCN1C(=O)CSc2ccccc21)c1ccccc1. The van der Waals surface area contributed by atoms with Crippen molar-refractivity contribution in [3.05, 3.63) is 60.2 Å². The van der Waals surface area contributed by atoms with Crippen molar-refractivity contribution in [2.24, 2.45) is 0 Å². The molecule has 0 spiro atoms. The van der Waals surface area contributed by atoms with E-state index in [-0.39, 0.29) is 17.9 Å². The van der Waals surface area contributed by atoms with Crippen molar-refractivity contribution >= 4 is 29.3 Å². The summed E-state index contributed by atoms with van der Waals surface area (Å²) in [6.07, 6.45) is 1.06. The van der Waals surface area contributed by atoms with Crippen LogP contribution in [0, 0.1) is 0 Å². The Labute approximate surface area is 152 Å². The van der Waals surface area contributed by atoms with E-state index in [1.165, 1.54) is 0 Å². The minimum atomic E-state index is -0.0116. The van der Waals surface area contributed by atoms with Crippen molar-refractivity contribution in [3.8, 4) is 0 Å². The molecule has 25 heavy (non-hydrogen) atoms. The second kappa shape index (κ2) is 8.21. The van der Waals surface area contributed by atoms with Crippen LogP contribution in [0.4, 0.5) is 5.69 Å². The van der Waals surface area contributed by atoms with Crippen molar-refractivity contribution in [1.82, 2.24) is 5.32 Å². The maximum Gasteiger partial charge on any atom is 0.237 e. The van der Waals surface area contributed by atoms with Gasteiger partial charge in [-0.05, 0) is 31.0 Å². The molecule has 0 saturated carbocycles. The molecule has 2 amide bonds. The zero-order chi connectivity index (χ0) is 17.6. The topological polar surface area (TPSA) is 49.4 Å². The molecule has 0 aromatic heterocycles. The number of hydrogen-bond acceptors (Lipinski definition) is 3. The molecule has 0 bridgehead atoms. The van der Waals surface area contributed by atoms with Gasteiger partial charge in [0.1, 0.15) is 0 Å². The van der Waals surface area contributed by atoms with Crippen LogP contribution in [-0.4, -0.2) is 24.1 Å². The highest BCUT2D eigenvalue weighted by Crippen LogP contribution is 2.34. The Balaban J connectivity index is 1.51. The van der Waals surface area contributed by atoms with Gasteiger partial charge >= 0.3 is 0 Å². The lowest BCUT2D eigenvalue weighted by molar-refractivity contribution is -0.122. The highest BCUT2D eigenvalue weighted by Gasteiger charge is 2.24. The highest BCUT2D eigenvalue weighted by molar-refractivity contribution is 8.00. The van der Waals surface area contributed by atoms with Gasteiger partial charge in [-0.1, -0.05) is 42.5 Å². The maximum absolute atomic E-state index is 12.2. The molecule has 1 heterocycles. The van der Waals surface area contributed by atoms with Crippen molar-refractivity contribution in [2.75, 3.05) is 17.2 Å². The Bertz CT molecular complexity index is 748. The number of anilines is 1. The second-order valence-electron chi connectivity index (χ2n) is 6.11. The van der Waals surface area contributed by atoms with Gasteiger partial charge in [0.25, 0.3) is 0 Å². The Morgan fingerprint density at radius 1 is 1.16 bits per heavy atom. The van der Waals surface area contributed by atoms with Gasteiger partial charge < -0.3 is 10.2 Å². The maximum atomic E-state index is 12.2. The molecule has 1 atom stereocenters. The first-order valence-corrected chi connectivity index (χ1v) is 9.50. The van der Waals surface area contributed by atoms with Gasteiger partial charge in [-0.3, -0.25) is 9.59 Å². The summed E-state index contributed by atoms with van der Waals surface area (Å²) in [7, 11) is 0. The number of carbonyl (C=O) groups excluding carboxylic acids is 2. The van der Waals surface area contributed by atoms with Gasteiger partial charge in [0.2, 0.25) is 11.8 Å². The van der Waals surface area contributed by atoms with E-state index in [1.807, 2.05) is 61.5 Å². The van der Waals surface area contributed by atoms with Gasteiger partial charge in [-0.2, -0.15) is 0 Å². The minimum absolute atomic E-state index is 0.0116. The second-order valence-corrected chi connectivity index (χ2v) is 7.12. The van der Waals surface area contributed by atoms with Crippen LogP contribution in [0.3, 0.4) is 0 Å². The van der Waals surface area contributed by atoms with E-state index >= 15 is 0 Å². The van der Waals surface area contributed by atoms with Gasteiger partial charge in [-0.25, -0.2) is 0 Å². The molecule has 130 valence electrons. The summed E-state index contributed by atoms with van der Waals surface area (Å²) in [6.45, 7) is 2.55. The molecule has 0 radical (unpaired) electrons. The number of para-hydroxylation sites is 1. The number of amides is 2. The van der Waals surface area contributed by atoms with E-state index in [1.54, 1.807) is 16.7 Å². The fraction of sp³-hybridized carbons (Fsp3) is 0.300. The molecule has 0 saturated heterocycles. The smallest absolute Gasteiger partial charge is 0.237 e. The Morgan fingerprint density at radius 3 is 2.68 bits per heavy atom. The molecule has 1 unspecified atom stereocenters. The number of nitrogens with zero attached hydrogens (tertiary/aromatic N) is 1. The molecule has 0 fully saturated rings. The predicted molar refractivity (Wildman–Crippen MR) is 102 cm³/mol. The lowest BCUT2D eigenvalue weighted by atomic mass is 10.1. The van der Waals surface area contributed by atoms with E-state index in [0.29, 0.717) is 25.1 Å². The Hall–Kier alpha value is -2.27. The summed E-state index contributed by atoms with van der Waals surface area (Å²) in [6, 6.07) is 17.8. The molecule has 2 aromatic carbocycles. The molecular formula is C20H22N2O2S. The van der Waals surface area contributed by atoms with Crippen molar-refractivity contribution < 1.29 is 9.59 Å². The number of carbonyl (C=O) groups is 2. The number of fused-ring (bicyclic) bond motifs is 1. The third kappa shape index (κ3) is 4.42. The number of benzene rings is 2. The van der Waals surface area contributed by atoms with Crippen LogP contribution in [0.2, 0.25) is 0 Å². The van der Waals surface area contributed by atoms with Crippen LogP contribution in [-0.2, 0) is 9.59 Å². The average molecular weight is 354 g/mol. The van der Waals surface area contributed by atoms with E-state index in [9.17, 15) is 9.59 Å². The van der Waals surface area contributed by atoms with Crippen LogP contribution in [0.25, 0.3) is 0 Å². The van der Waals surface area contributed by atoms with Gasteiger partial charge in [0.05, 0.1) is 17.5 Å². The van der Waals surface area contributed by atoms with E-state index in [2.05, 4.69) is 5.32 Å². The molecule has 1 aliphatic heterocycles. The third-order valence-electron chi connectivity index (χ3n) is 4.27. The standard InChI is InChI=1S/C20H22N2O2S/c1-15(16-8-3-2-4-9-16)21-19(23)12-7-13-22-17-10-5-6-11-18(17)25-14-20(22)24/h2-6,8-11,15H,7,12-14H2,1H3,(H,21,23). The zero-order valence-corrected chi connectivity index (χ0v) is 15.1. The number of hydrogen-bond donors (Lipinski definition) is 1. The molecule has 3 rings (SSSR count). The molecular weight excluding hydrogens is 332 g/mol. The molecule has 2 aromatic rings. The summed E-state index contributed by atoms with van der Waals surface area (Å²) in [5, 5.41) is 3.02. The first-order valence-electron chi connectivity index (χ1n) is 8.51. The molecule has 1 N–H and O–H groups in total. The van der Waals surface area contributed by atoms with Gasteiger partial charge in [-0.15, -0.1) is 11.8 Å². The van der Waals surface area contributed by atoms with E-state index < -0.39 is 0 Å². The largest absolute Gasteiger partial charge is 0.350 e. The lowest BCUT2D eigenvalue weighted by Gasteiger charge is -2.28. The summed E-state index contributed by atoms with van der Waals surface area (Å²) in [5.74, 6) is 0.596. The van der Waals surface area contributed by atoms with Crippen LogP contribution in [0.15, 0.2) is 59.5 Å². The first kappa shape index (κ1) is 17.5.